The molecule has 2 aliphatic rings. The quantitative estimate of drug-likeness (QED) is 0.845. The molecule has 3 atom stereocenters. The van der Waals surface area contributed by atoms with Crippen molar-refractivity contribution < 1.29 is 9.84 Å². The number of rotatable bonds is 3. The standard InChI is InChI=1S/C15H22N2O2/c1-4-15(18)7-8-17(11(15)2)13-6-5-12(10-16)14(9-13)19-3/h5-6,11,14,18H,4,7-9H2,1-3H3/t11-,14?,15-/m0/s1. The van der Waals surface area contributed by atoms with Crippen molar-refractivity contribution in [1.29, 1.82) is 5.26 Å². The number of likely N-dealkylation sites (tertiary alicyclic amines) is 1. The summed E-state index contributed by atoms with van der Waals surface area (Å²) in [5.41, 5.74) is 1.23. The van der Waals surface area contributed by atoms with Crippen LogP contribution in [0.15, 0.2) is 23.4 Å². The van der Waals surface area contributed by atoms with Crippen LogP contribution in [0.1, 0.15) is 33.1 Å². The molecule has 2 rings (SSSR count). The molecule has 1 saturated heterocycles. The molecule has 0 bridgehead atoms. The average Bonchev–Trinajstić information content (AvgIpc) is 2.75. The fourth-order valence-electron chi connectivity index (χ4n) is 3.07. The van der Waals surface area contributed by atoms with Crippen LogP contribution in [-0.4, -0.2) is 41.4 Å². The highest BCUT2D eigenvalue weighted by atomic mass is 16.5. The highest BCUT2D eigenvalue weighted by molar-refractivity contribution is 5.36. The molecule has 4 heteroatoms. The van der Waals surface area contributed by atoms with Gasteiger partial charge in [0.25, 0.3) is 0 Å². The summed E-state index contributed by atoms with van der Waals surface area (Å²) in [5, 5.41) is 19.6. The molecule has 1 N–H and O–H groups in total. The second-order valence-corrected chi connectivity index (χ2v) is 5.40. The number of nitriles is 1. The van der Waals surface area contributed by atoms with Crippen LogP contribution < -0.4 is 0 Å². The second-order valence-electron chi connectivity index (χ2n) is 5.40. The fourth-order valence-corrected chi connectivity index (χ4v) is 3.07. The molecule has 4 nitrogen and oxygen atoms in total. The van der Waals surface area contributed by atoms with Crippen LogP contribution in [0.2, 0.25) is 0 Å². The van der Waals surface area contributed by atoms with Gasteiger partial charge < -0.3 is 14.7 Å². The van der Waals surface area contributed by atoms with Gasteiger partial charge in [0.1, 0.15) is 0 Å². The smallest absolute Gasteiger partial charge is 0.0974 e. The van der Waals surface area contributed by atoms with Gasteiger partial charge in [-0.15, -0.1) is 0 Å². The van der Waals surface area contributed by atoms with Crippen molar-refractivity contribution in [3.8, 4) is 6.07 Å². The lowest BCUT2D eigenvalue weighted by molar-refractivity contribution is 0.0110. The van der Waals surface area contributed by atoms with E-state index in [0.29, 0.717) is 12.0 Å². The second kappa shape index (κ2) is 5.36. The van der Waals surface area contributed by atoms with Gasteiger partial charge in [0, 0.05) is 25.8 Å². The van der Waals surface area contributed by atoms with Gasteiger partial charge in [-0.1, -0.05) is 6.92 Å². The van der Waals surface area contributed by atoms with E-state index in [4.69, 9.17) is 10.00 Å². The van der Waals surface area contributed by atoms with Gasteiger partial charge in [-0.3, -0.25) is 0 Å². The molecule has 1 heterocycles. The van der Waals surface area contributed by atoms with Gasteiger partial charge in [0.2, 0.25) is 0 Å². The van der Waals surface area contributed by atoms with E-state index < -0.39 is 5.60 Å². The first-order valence-electron chi connectivity index (χ1n) is 6.88. The van der Waals surface area contributed by atoms with Crippen molar-refractivity contribution in [2.24, 2.45) is 0 Å². The lowest BCUT2D eigenvalue weighted by atomic mass is 9.92. The molecule has 0 amide bonds. The normalized spacial score (nSPS) is 34.8. The minimum atomic E-state index is -0.595. The first-order valence-corrected chi connectivity index (χ1v) is 6.88. The highest BCUT2D eigenvalue weighted by Crippen LogP contribution is 2.36. The Hall–Kier alpha value is -1.31. The maximum absolute atomic E-state index is 10.5. The van der Waals surface area contributed by atoms with E-state index in [0.717, 1.165) is 25.1 Å². The molecule has 1 unspecified atom stereocenters. The summed E-state index contributed by atoms with van der Waals surface area (Å²) in [4.78, 5) is 2.25. The van der Waals surface area contributed by atoms with Crippen molar-refractivity contribution >= 4 is 0 Å². The summed E-state index contributed by atoms with van der Waals surface area (Å²) in [7, 11) is 1.63. The molecule has 1 aliphatic heterocycles. The summed E-state index contributed by atoms with van der Waals surface area (Å²) in [5.74, 6) is 0. The Balaban J connectivity index is 2.19. The van der Waals surface area contributed by atoms with Gasteiger partial charge >= 0.3 is 0 Å². The molecule has 19 heavy (non-hydrogen) atoms. The largest absolute Gasteiger partial charge is 0.388 e. The maximum atomic E-state index is 10.5. The van der Waals surface area contributed by atoms with E-state index in [-0.39, 0.29) is 12.1 Å². The number of ether oxygens (including phenoxy) is 1. The predicted octanol–water partition coefficient (Wildman–Crippen LogP) is 1.97. The monoisotopic (exact) mass is 262 g/mol. The third-order valence-electron chi connectivity index (χ3n) is 4.62. The molecule has 0 spiro atoms. The minimum absolute atomic E-state index is 0.110. The van der Waals surface area contributed by atoms with Crippen molar-refractivity contribution in [3.05, 3.63) is 23.4 Å². The first-order chi connectivity index (χ1) is 9.05. The Morgan fingerprint density at radius 2 is 2.32 bits per heavy atom. The van der Waals surface area contributed by atoms with Crippen LogP contribution in [0.3, 0.4) is 0 Å². The van der Waals surface area contributed by atoms with Gasteiger partial charge in [-0.2, -0.15) is 5.26 Å². The van der Waals surface area contributed by atoms with Gasteiger partial charge in [-0.25, -0.2) is 0 Å². The van der Waals surface area contributed by atoms with Crippen LogP contribution in [0.4, 0.5) is 0 Å². The van der Waals surface area contributed by atoms with Crippen molar-refractivity contribution in [2.45, 2.75) is 50.9 Å². The Morgan fingerprint density at radius 3 is 2.84 bits per heavy atom. The Morgan fingerprint density at radius 1 is 1.58 bits per heavy atom. The summed E-state index contributed by atoms with van der Waals surface area (Å²) in [6.45, 7) is 4.97. The van der Waals surface area contributed by atoms with Crippen LogP contribution >= 0.6 is 0 Å². The zero-order valence-electron chi connectivity index (χ0n) is 11.9. The number of allylic oxidation sites excluding steroid dienone is 2. The number of methoxy groups -OCH3 is 1. The van der Waals surface area contributed by atoms with Crippen LogP contribution in [0.25, 0.3) is 0 Å². The molecule has 0 saturated carbocycles. The lowest BCUT2D eigenvalue weighted by Crippen LogP contribution is -2.42. The summed E-state index contributed by atoms with van der Waals surface area (Å²) in [6, 6.07) is 2.29. The molecular formula is C15H22N2O2. The third kappa shape index (κ3) is 2.41. The first kappa shape index (κ1) is 14.1. The summed E-state index contributed by atoms with van der Waals surface area (Å²) >= 11 is 0. The number of nitrogens with zero attached hydrogens (tertiary/aromatic N) is 2. The van der Waals surface area contributed by atoms with E-state index in [1.807, 2.05) is 19.1 Å². The SMILES string of the molecule is CC[C@]1(O)CCN(C2=CC=C(C#N)C(OC)C2)[C@H]1C. The van der Waals surface area contributed by atoms with Crippen molar-refractivity contribution in [1.82, 2.24) is 4.90 Å². The molecule has 1 fully saturated rings. The maximum Gasteiger partial charge on any atom is 0.0974 e. The lowest BCUT2D eigenvalue weighted by Gasteiger charge is -2.35. The molecular weight excluding hydrogens is 240 g/mol. The molecule has 1 aliphatic carbocycles. The fraction of sp³-hybridized carbons (Fsp3) is 0.667. The van der Waals surface area contributed by atoms with E-state index in [2.05, 4.69) is 17.9 Å². The molecule has 0 aromatic carbocycles. The zero-order valence-corrected chi connectivity index (χ0v) is 11.9. The van der Waals surface area contributed by atoms with E-state index in [1.165, 1.54) is 0 Å². The Labute approximate surface area is 115 Å². The number of hydrogen-bond donors (Lipinski definition) is 1. The van der Waals surface area contributed by atoms with Crippen LogP contribution in [0, 0.1) is 11.3 Å². The Bertz CT molecular complexity index is 450. The third-order valence-corrected chi connectivity index (χ3v) is 4.62. The number of hydrogen-bond acceptors (Lipinski definition) is 4. The predicted molar refractivity (Wildman–Crippen MR) is 73.2 cm³/mol. The van der Waals surface area contributed by atoms with Crippen molar-refractivity contribution in [2.75, 3.05) is 13.7 Å². The van der Waals surface area contributed by atoms with E-state index in [9.17, 15) is 5.11 Å². The summed E-state index contributed by atoms with van der Waals surface area (Å²) < 4.78 is 5.38. The highest BCUT2D eigenvalue weighted by Gasteiger charge is 2.43. The average molecular weight is 262 g/mol. The zero-order chi connectivity index (χ0) is 14.0. The molecule has 0 radical (unpaired) electrons. The van der Waals surface area contributed by atoms with Crippen molar-refractivity contribution in [3.63, 3.8) is 0 Å². The molecule has 104 valence electrons. The molecule has 0 aromatic rings. The topological polar surface area (TPSA) is 56.5 Å². The minimum Gasteiger partial charge on any atom is -0.388 e. The van der Waals surface area contributed by atoms with Crippen LogP contribution in [0.5, 0.6) is 0 Å². The van der Waals surface area contributed by atoms with Gasteiger partial charge in [0.05, 0.1) is 29.4 Å². The van der Waals surface area contributed by atoms with E-state index >= 15 is 0 Å². The van der Waals surface area contributed by atoms with Gasteiger partial charge in [-0.05, 0) is 31.9 Å². The number of aliphatic hydroxyl groups is 1. The molecule has 0 aromatic heterocycles. The Kier molecular flexibility index (Phi) is 3.98. The van der Waals surface area contributed by atoms with E-state index in [1.54, 1.807) is 7.11 Å². The summed E-state index contributed by atoms with van der Waals surface area (Å²) in [6.07, 6.45) is 5.95. The van der Waals surface area contributed by atoms with Gasteiger partial charge in [0.15, 0.2) is 0 Å². The van der Waals surface area contributed by atoms with Crippen LogP contribution in [-0.2, 0) is 4.74 Å².